The van der Waals surface area contributed by atoms with Crippen LogP contribution in [0.5, 0.6) is 0 Å². The van der Waals surface area contributed by atoms with Crippen molar-refractivity contribution in [3.05, 3.63) is 65.9 Å². The fourth-order valence-corrected chi connectivity index (χ4v) is 4.23. The molecular weight excluding hydrogens is 525 g/mol. The van der Waals surface area contributed by atoms with Crippen LogP contribution >= 0.6 is 0 Å². The van der Waals surface area contributed by atoms with Crippen LogP contribution in [0.25, 0.3) is 22.6 Å². The number of aromatic nitrogens is 6. The number of halogens is 3. The second kappa shape index (κ2) is 10.2. The monoisotopic (exact) mass is 550 g/mol. The molecule has 0 unspecified atom stereocenters. The van der Waals surface area contributed by atoms with E-state index in [9.17, 15) is 18.0 Å². The molecule has 6 N–H and O–H groups in total. The maximum Gasteiger partial charge on any atom is 0.416 e. The first-order chi connectivity index (χ1) is 19.0. The van der Waals surface area contributed by atoms with Gasteiger partial charge in [0.1, 0.15) is 18.2 Å². The molecular formula is C26H25F3N10O. The van der Waals surface area contributed by atoms with Crippen LogP contribution in [-0.4, -0.2) is 35.2 Å². The molecule has 3 aromatic heterocycles. The van der Waals surface area contributed by atoms with Crippen LogP contribution < -0.4 is 22.1 Å². The first-order valence-electron chi connectivity index (χ1n) is 12.2. The Hall–Kier alpha value is -5.14. The SMILES string of the molecule is CCn1nc(C)cc1NC(=O)Cn1c(-c2cccc(C(F)(F)F)c2)nc2c(Nc3ccc(N)cc3)nc(N)nc21. The number of amides is 1. The molecule has 1 amide bonds. The number of fused-ring (bicyclic) bond motifs is 1. The standard InChI is InChI=1S/C26H25F3N10O/c1-3-39-19(11-14(2)37-39)33-20(40)13-38-23(15-5-4-6-16(12-15)26(27,28)29)34-21-22(35-25(31)36-24(21)38)32-18-9-7-17(30)8-10-18/h4-12H,3,13,30H2,1-2H3,(H,33,40)(H3,31,32,35,36). The van der Waals surface area contributed by atoms with Crippen molar-refractivity contribution in [2.75, 3.05) is 22.1 Å². The number of benzene rings is 2. The van der Waals surface area contributed by atoms with E-state index in [1.54, 1.807) is 41.9 Å². The minimum atomic E-state index is -4.58. The number of rotatable bonds is 7. The summed E-state index contributed by atoms with van der Waals surface area (Å²) in [6.07, 6.45) is -4.58. The quantitative estimate of drug-likeness (QED) is 0.215. The van der Waals surface area contributed by atoms with Gasteiger partial charge < -0.3 is 22.1 Å². The zero-order valence-electron chi connectivity index (χ0n) is 21.5. The van der Waals surface area contributed by atoms with Gasteiger partial charge >= 0.3 is 6.18 Å². The molecule has 0 aliphatic heterocycles. The molecule has 0 saturated carbocycles. The Kier molecular flexibility index (Phi) is 6.75. The number of carbonyl (C=O) groups excluding carboxylic acids is 1. The minimum absolute atomic E-state index is 0.0803. The topological polar surface area (TPSA) is 155 Å². The predicted molar refractivity (Wildman–Crippen MR) is 146 cm³/mol. The molecule has 5 aromatic rings. The number of nitrogens with two attached hydrogens (primary N) is 2. The summed E-state index contributed by atoms with van der Waals surface area (Å²) in [6.45, 7) is 3.88. The van der Waals surface area contributed by atoms with Crippen molar-refractivity contribution in [1.82, 2.24) is 29.3 Å². The third kappa shape index (κ3) is 5.36. The molecule has 0 radical (unpaired) electrons. The third-order valence-electron chi connectivity index (χ3n) is 6.00. The highest BCUT2D eigenvalue weighted by molar-refractivity contribution is 5.94. The van der Waals surface area contributed by atoms with Gasteiger partial charge in [-0.15, -0.1) is 0 Å². The number of nitrogens with one attached hydrogen (secondary N) is 2. The van der Waals surface area contributed by atoms with E-state index in [0.717, 1.165) is 12.1 Å². The molecule has 0 aliphatic carbocycles. The maximum atomic E-state index is 13.5. The molecule has 2 aromatic carbocycles. The van der Waals surface area contributed by atoms with Crippen molar-refractivity contribution in [2.24, 2.45) is 0 Å². The van der Waals surface area contributed by atoms with Crippen LogP contribution in [0.4, 0.5) is 42.1 Å². The van der Waals surface area contributed by atoms with E-state index in [2.05, 4.69) is 30.7 Å². The highest BCUT2D eigenvalue weighted by Crippen LogP contribution is 2.34. The molecule has 11 nitrogen and oxygen atoms in total. The lowest BCUT2D eigenvalue weighted by Crippen LogP contribution is -2.21. The number of nitrogen functional groups attached to an aromatic ring is 2. The van der Waals surface area contributed by atoms with Gasteiger partial charge in [-0.3, -0.25) is 9.36 Å². The van der Waals surface area contributed by atoms with Crippen molar-refractivity contribution >= 4 is 46.0 Å². The normalized spacial score (nSPS) is 11.6. The van der Waals surface area contributed by atoms with Gasteiger partial charge in [0.25, 0.3) is 0 Å². The van der Waals surface area contributed by atoms with E-state index >= 15 is 0 Å². The summed E-state index contributed by atoms with van der Waals surface area (Å²) in [7, 11) is 0. The maximum absolute atomic E-state index is 13.5. The van der Waals surface area contributed by atoms with Gasteiger partial charge in [0, 0.05) is 29.5 Å². The van der Waals surface area contributed by atoms with Gasteiger partial charge in [-0.1, -0.05) is 12.1 Å². The van der Waals surface area contributed by atoms with Gasteiger partial charge in [0.15, 0.2) is 17.0 Å². The van der Waals surface area contributed by atoms with Gasteiger partial charge in [0.2, 0.25) is 11.9 Å². The molecule has 0 saturated heterocycles. The van der Waals surface area contributed by atoms with Crippen molar-refractivity contribution in [1.29, 1.82) is 0 Å². The van der Waals surface area contributed by atoms with Crippen molar-refractivity contribution in [2.45, 2.75) is 33.1 Å². The van der Waals surface area contributed by atoms with Gasteiger partial charge in [-0.05, 0) is 50.2 Å². The molecule has 0 atom stereocenters. The molecule has 0 aliphatic rings. The van der Waals surface area contributed by atoms with Crippen LogP contribution in [0.15, 0.2) is 54.6 Å². The van der Waals surface area contributed by atoms with Crippen LogP contribution in [0.3, 0.4) is 0 Å². The Bertz CT molecular complexity index is 1710. The Labute approximate surface area is 226 Å². The number of carbonyl (C=O) groups is 1. The predicted octanol–water partition coefficient (Wildman–Crippen LogP) is 4.58. The van der Waals surface area contributed by atoms with Gasteiger partial charge in [-0.25, -0.2) is 9.67 Å². The molecule has 206 valence electrons. The Balaban J connectivity index is 1.63. The minimum Gasteiger partial charge on any atom is -0.399 e. The number of hydrogen-bond donors (Lipinski definition) is 4. The summed E-state index contributed by atoms with van der Waals surface area (Å²) in [5.74, 6) is 0.181. The van der Waals surface area contributed by atoms with E-state index in [-0.39, 0.29) is 40.9 Å². The highest BCUT2D eigenvalue weighted by Gasteiger charge is 2.31. The van der Waals surface area contributed by atoms with Crippen LogP contribution in [0.1, 0.15) is 18.2 Å². The van der Waals surface area contributed by atoms with Crippen molar-refractivity contribution in [3.8, 4) is 11.4 Å². The molecule has 3 heterocycles. The second-order valence-electron chi connectivity index (χ2n) is 8.98. The zero-order valence-corrected chi connectivity index (χ0v) is 21.5. The summed E-state index contributed by atoms with van der Waals surface area (Å²) < 4.78 is 43.7. The molecule has 40 heavy (non-hydrogen) atoms. The second-order valence-corrected chi connectivity index (χ2v) is 8.98. The first kappa shape index (κ1) is 26.5. The number of anilines is 5. The van der Waals surface area contributed by atoms with Crippen molar-refractivity contribution < 1.29 is 18.0 Å². The number of hydrogen-bond acceptors (Lipinski definition) is 8. The Morgan fingerprint density at radius 3 is 2.48 bits per heavy atom. The lowest BCUT2D eigenvalue weighted by molar-refractivity contribution is -0.137. The number of aryl methyl sites for hydroxylation is 2. The fourth-order valence-electron chi connectivity index (χ4n) is 4.23. The lowest BCUT2D eigenvalue weighted by Gasteiger charge is -2.12. The molecule has 0 bridgehead atoms. The van der Waals surface area contributed by atoms with Crippen LogP contribution in [-0.2, 0) is 24.1 Å². The lowest BCUT2D eigenvalue weighted by atomic mass is 10.1. The average Bonchev–Trinajstić information content (AvgIpc) is 3.44. The summed E-state index contributed by atoms with van der Waals surface area (Å²) in [4.78, 5) is 26.4. The highest BCUT2D eigenvalue weighted by atomic mass is 19.4. The van der Waals surface area contributed by atoms with Gasteiger partial charge in [-0.2, -0.15) is 28.2 Å². The molecule has 0 fully saturated rings. The van der Waals surface area contributed by atoms with E-state index in [1.807, 2.05) is 6.92 Å². The first-order valence-corrected chi connectivity index (χ1v) is 12.2. The van der Waals surface area contributed by atoms with E-state index in [0.29, 0.717) is 29.4 Å². The summed E-state index contributed by atoms with van der Waals surface area (Å²) in [6, 6.07) is 13.2. The summed E-state index contributed by atoms with van der Waals surface area (Å²) in [5.41, 5.74) is 13.3. The summed E-state index contributed by atoms with van der Waals surface area (Å²) in [5, 5.41) is 10.2. The number of imidazole rings is 1. The molecule has 14 heteroatoms. The Morgan fingerprint density at radius 1 is 1.02 bits per heavy atom. The van der Waals surface area contributed by atoms with E-state index in [1.165, 1.54) is 16.7 Å². The Morgan fingerprint density at radius 2 is 1.77 bits per heavy atom. The van der Waals surface area contributed by atoms with Crippen molar-refractivity contribution in [3.63, 3.8) is 0 Å². The molecule has 0 spiro atoms. The molecule has 5 rings (SSSR count). The largest absolute Gasteiger partial charge is 0.416 e. The van der Waals surface area contributed by atoms with E-state index in [4.69, 9.17) is 11.5 Å². The smallest absolute Gasteiger partial charge is 0.399 e. The average molecular weight is 551 g/mol. The van der Waals surface area contributed by atoms with Gasteiger partial charge in [0.05, 0.1) is 11.3 Å². The van der Waals surface area contributed by atoms with Crippen LogP contribution in [0.2, 0.25) is 0 Å². The van der Waals surface area contributed by atoms with E-state index < -0.39 is 17.6 Å². The zero-order chi connectivity index (χ0) is 28.6. The number of alkyl halides is 3. The summed E-state index contributed by atoms with van der Waals surface area (Å²) >= 11 is 0. The third-order valence-corrected chi connectivity index (χ3v) is 6.00. The number of nitrogens with zero attached hydrogens (tertiary/aromatic N) is 6. The fraction of sp³-hybridized carbons (Fsp3) is 0.192. The van der Waals surface area contributed by atoms with Crippen LogP contribution in [0, 0.1) is 6.92 Å².